The number of esters is 1. The average Bonchev–Trinajstić information content (AvgIpc) is 3.28. The molecule has 2 atom stereocenters. The number of amides is 1. The molecule has 0 saturated carbocycles. The summed E-state index contributed by atoms with van der Waals surface area (Å²) in [5.41, 5.74) is 9.26. The molecule has 0 unspecified atom stereocenters. The van der Waals surface area contributed by atoms with Gasteiger partial charge in [0.2, 0.25) is 5.91 Å². The van der Waals surface area contributed by atoms with Crippen LogP contribution in [0, 0.1) is 0 Å². The standard InChI is InChI=1S/C26H30N3O3S/c1-29(14-8-9-15-29)16-20-17-33-25-21(27)24(30)28(25)22(20)26(31)32-23(18-10-4-2-5-11-18)19-12-6-3-7-13-19/h2-7,10-13,21,23,25H,8-9,14-17,27H2,1H3/q+1/t21-,25-/m1/s1. The number of thioether (sulfide) groups is 1. The zero-order valence-corrected chi connectivity index (χ0v) is 19.7. The van der Waals surface area contributed by atoms with E-state index in [9.17, 15) is 9.59 Å². The fourth-order valence-corrected chi connectivity index (χ4v) is 6.44. The first kappa shape index (κ1) is 22.2. The van der Waals surface area contributed by atoms with Crippen molar-refractivity contribution in [1.29, 1.82) is 0 Å². The Morgan fingerprint density at radius 2 is 1.67 bits per heavy atom. The Kier molecular flexibility index (Phi) is 6.03. The minimum atomic E-state index is -0.560. The molecule has 3 heterocycles. The van der Waals surface area contributed by atoms with E-state index in [1.807, 2.05) is 60.7 Å². The molecule has 33 heavy (non-hydrogen) atoms. The van der Waals surface area contributed by atoms with Gasteiger partial charge >= 0.3 is 5.97 Å². The van der Waals surface area contributed by atoms with E-state index in [0.717, 1.165) is 40.8 Å². The van der Waals surface area contributed by atoms with Crippen LogP contribution in [0.5, 0.6) is 0 Å². The summed E-state index contributed by atoms with van der Waals surface area (Å²) in [6, 6.07) is 18.9. The minimum absolute atomic E-state index is 0.195. The number of nitrogens with two attached hydrogens (primary N) is 1. The maximum atomic E-state index is 13.8. The molecule has 0 radical (unpaired) electrons. The smallest absolute Gasteiger partial charge is 0.356 e. The van der Waals surface area contributed by atoms with Crippen molar-refractivity contribution in [2.24, 2.45) is 5.73 Å². The Balaban J connectivity index is 1.50. The van der Waals surface area contributed by atoms with Crippen LogP contribution in [0.1, 0.15) is 30.1 Å². The van der Waals surface area contributed by atoms with Gasteiger partial charge in [0.1, 0.15) is 23.7 Å². The zero-order chi connectivity index (χ0) is 23.0. The largest absolute Gasteiger partial charge is 0.448 e. The summed E-state index contributed by atoms with van der Waals surface area (Å²) in [4.78, 5) is 28.1. The molecule has 2 saturated heterocycles. The maximum absolute atomic E-state index is 13.8. The van der Waals surface area contributed by atoms with Crippen molar-refractivity contribution in [3.63, 3.8) is 0 Å². The molecular weight excluding hydrogens is 434 g/mol. The monoisotopic (exact) mass is 464 g/mol. The van der Waals surface area contributed by atoms with E-state index in [1.165, 1.54) is 12.8 Å². The molecule has 0 aliphatic carbocycles. The topological polar surface area (TPSA) is 72.6 Å². The van der Waals surface area contributed by atoms with E-state index in [4.69, 9.17) is 10.5 Å². The first-order valence-corrected chi connectivity index (χ1v) is 12.6. The number of likely N-dealkylation sites (N-methyl/N-ethyl adjacent to an activating group) is 1. The van der Waals surface area contributed by atoms with Gasteiger partial charge in [-0.3, -0.25) is 9.69 Å². The highest BCUT2D eigenvalue weighted by atomic mass is 32.2. The Labute approximate surface area is 199 Å². The van der Waals surface area contributed by atoms with Crippen molar-refractivity contribution in [3.8, 4) is 0 Å². The number of fused-ring (bicyclic) bond motifs is 1. The summed E-state index contributed by atoms with van der Waals surface area (Å²) < 4.78 is 7.07. The summed E-state index contributed by atoms with van der Waals surface area (Å²) >= 11 is 1.65. The van der Waals surface area contributed by atoms with E-state index in [2.05, 4.69) is 7.05 Å². The van der Waals surface area contributed by atoms with Crippen molar-refractivity contribution >= 4 is 23.6 Å². The molecule has 2 N–H and O–H groups in total. The lowest BCUT2D eigenvalue weighted by Gasteiger charge is -2.49. The third-order valence-electron chi connectivity index (χ3n) is 6.93. The molecule has 6 nitrogen and oxygen atoms in total. The van der Waals surface area contributed by atoms with Gasteiger partial charge in [-0.15, -0.1) is 11.8 Å². The highest BCUT2D eigenvalue weighted by Crippen LogP contribution is 2.41. The SMILES string of the molecule is C[N+]1(CC2=C(C(=O)OC(c3ccccc3)c3ccccc3)N3C(=O)[C@@H](N)[C@H]3SC2)CCCC1. The second-order valence-electron chi connectivity index (χ2n) is 9.43. The van der Waals surface area contributed by atoms with Gasteiger partial charge < -0.3 is 15.0 Å². The normalized spacial score (nSPS) is 24.0. The predicted molar refractivity (Wildman–Crippen MR) is 129 cm³/mol. The molecule has 1 amide bonds. The number of hydrogen-bond donors (Lipinski definition) is 1. The first-order valence-electron chi connectivity index (χ1n) is 11.5. The number of hydrogen-bond acceptors (Lipinski definition) is 5. The molecule has 0 aromatic heterocycles. The second-order valence-corrected chi connectivity index (χ2v) is 10.5. The molecule has 2 aromatic carbocycles. The maximum Gasteiger partial charge on any atom is 0.356 e. The van der Waals surface area contributed by atoms with Gasteiger partial charge in [0, 0.05) is 24.2 Å². The van der Waals surface area contributed by atoms with Gasteiger partial charge in [0.25, 0.3) is 0 Å². The average molecular weight is 465 g/mol. The Morgan fingerprint density at radius 3 is 2.24 bits per heavy atom. The van der Waals surface area contributed by atoms with Crippen LogP contribution < -0.4 is 5.73 Å². The summed E-state index contributed by atoms with van der Waals surface area (Å²) in [5.74, 6) is 0.0534. The molecule has 0 spiro atoms. The molecule has 3 aliphatic heterocycles. The third-order valence-corrected chi connectivity index (χ3v) is 8.29. The summed E-state index contributed by atoms with van der Waals surface area (Å²) in [5, 5.41) is -0.195. The van der Waals surface area contributed by atoms with Gasteiger partial charge in [-0.25, -0.2) is 4.79 Å². The number of rotatable bonds is 6. The minimum Gasteiger partial charge on any atom is -0.448 e. The zero-order valence-electron chi connectivity index (χ0n) is 18.9. The van der Waals surface area contributed by atoms with E-state index in [0.29, 0.717) is 11.4 Å². The molecule has 5 rings (SSSR count). The lowest BCUT2D eigenvalue weighted by molar-refractivity contribution is -0.893. The van der Waals surface area contributed by atoms with Gasteiger partial charge in [0.15, 0.2) is 6.10 Å². The van der Waals surface area contributed by atoms with Crippen LogP contribution in [0.4, 0.5) is 0 Å². The number of β-lactam (4-membered cyclic amide) rings is 1. The summed E-state index contributed by atoms with van der Waals surface area (Å²) in [6.45, 7) is 2.93. The number of nitrogens with zero attached hydrogens (tertiary/aromatic N) is 2. The number of likely N-dealkylation sites (tertiary alicyclic amines) is 1. The van der Waals surface area contributed by atoms with E-state index >= 15 is 0 Å². The highest BCUT2D eigenvalue weighted by molar-refractivity contribution is 8.00. The van der Waals surface area contributed by atoms with Crippen LogP contribution in [0.3, 0.4) is 0 Å². The van der Waals surface area contributed by atoms with Gasteiger partial charge in [-0.1, -0.05) is 60.7 Å². The quantitative estimate of drug-likeness (QED) is 0.404. The Bertz CT molecular complexity index is 1030. The molecule has 0 bridgehead atoms. The number of carbonyl (C=O) groups excluding carboxylic acids is 2. The molecule has 3 aliphatic rings. The molecule has 2 aromatic rings. The molecule has 7 heteroatoms. The van der Waals surface area contributed by atoms with E-state index in [-0.39, 0.29) is 11.3 Å². The number of quaternary nitrogens is 1. The van der Waals surface area contributed by atoms with Crippen molar-refractivity contribution < 1.29 is 18.8 Å². The van der Waals surface area contributed by atoms with Crippen LogP contribution in [0.15, 0.2) is 71.9 Å². The van der Waals surface area contributed by atoms with Gasteiger partial charge in [0.05, 0.1) is 20.1 Å². The molecular formula is C26H30N3O3S+. The predicted octanol–water partition coefficient (Wildman–Crippen LogP) is 3.06. The second kappa shape index (κ2) is 8.97. The fourth-order valence-electron chi connectivity index (χ4n) is 5.15. The number of carbonyl (C=O) groups is 2. The van der Waals surface area contributed by atoms with Crippen molar-refractivity contribution in [2.45, 2.75) is 30.4 Å². The van der Waals surface area contributed by atoms with Crippen LogP contribution in [-0.2, 0) is 14.3 Å². The van der Waals surface area contributed by atoms with E-state index in [1.54, 1.807) is 16.7 Å². The molecule has 2 fully saturated rings. The summed E-state index contributed by atoms with van der Waals surface area (Å²) in [7, 11) is 2.24. The van der Waals surface area contributed by atoms with Gasteiger partial charge in [-0.05, 0) is 11.1 Å². The lowest BCUT2D eigenvalue weighted by atomic mass is 10.0. The Hall–Kier alpha value is -2.61. The first-order chi connectivity index (χ1) is 16.0. The number of benzene rings is 2. The van der Waals surface area contributed by atoms with E-state index < -0.39 is 18.1 Å². The summed E-state index contributed by atoms with van der Waals surface area (Å²) in [6.07, 6.45) is 1.83. The fraction of sp³-hybridized carbons (Fsp3) is 0.385. The van der Waals surface area contributed by atoms with Crippen molar-refractivity contribution in [1.82, 2.24) is 4.90 Å². The van der Waals surface area contributed by atoms with Crippen molar-refractivity contribution in [3.05, 3.63) is 83.1 Å². The third kappa shape index (κ3) is 4.21. The van der Waals surface area contributed by atoms with Crippen molar-refractivity contribution in [2.75, 3.05) is 32.4 Å². The number of ether oxygens (including phenoxy) is 1. The van der Waals surface area contributed by atoms with Crippen LogP contribution >= 0.6 is 11.8 Å². The molecule has 172 valence electrons. The van der Waals surface area contributed by atoms with Crippen LogP contribution in [0.2, 0.25) is 0 Å². The van der Waals surface area contributed by atoms with Crippen LogP contribution in [-0.4, -0.2) is 65.1 Å². The lowest BCUT2D eigenvalue weighted by Crippen LogP contribution is -2.69. The van der Waals surface area contributed by atoms with Crippen LogP contribution in [0.25, 0.3) is 0 Å². The Morgan fingerprint density at radius 1 is 1.09 bits per heavy atom. The highest BCUT2D eigenvalue weighted by Gasteiger charge is 2.53. The van der Waals surface area contributed by atoms with Gasteiger partial charge in [-0.2, -0.15) is 0 Å².